The largest absolute Gasteiger partial charge is 0.497 e. The van der Waals surface area contributed by atoms with Crippen LogP contribution in [0, 0.1) is 5.92 Å². The van der Waals surface area contributed by atoms with E-state index in [1.807, 2.05) is 12.1 Å². The van der Waals surface area contributed by atoms with Crippen molar-refractivity contribution in [3.63, 3.8) is 0 Å². The van der Waals surface area contributed by atoms with Gasteiger partial charge >= 0.3 is 0 Å². The molecule has 2 unspecified atom stereocenters. The minimum atomic E-state index is 0.323. The molecule has 1 fully saturated rings. The molecular formula is C16H26N2O2. The third-order valence-electron chi connectivity index (χ3n) is 4.32. The van der Waals surface area contributed by atoms with Gasteiger partial charge in [-0.3, -0.25) is 4.90 Å². The predicted molar refractivity (Wildman–Crippen MR) is 81.3 cm³/mol. The van der Waals surface area contributed by atoms with Crippen molar-refractivity contribution in [2.75, 3.05) is 34.4 Å². The Morgan fingerprint density at radius 3 is 2.70 bits per heavy atom. The van der Waals surface area contributed by atoms with E-state index in [0.717, 1.165) is 18.0 Å². The molecule has 1 aromatic rings. The molecule has 0 aromatic heterocycles. The van der Waals surface area contributed by atoms with Gasteiger partial charge in [0.1, 0.15) is 11.5 Å². The molecular weight excluding hydrogens is 252 g/mol. The number of nitrogens with zero attached hydrogens (tertiary/aromatic N) is 1. The van der Waals surface area contributed by atoms with Crippen LogP contribution >= 0.6 is 0 Å². The zero-order valence-electron chi connectivity index (χ0n) is 12.8. The maximum atomic E-state index is 6.02. The van der Waals surface area contributed by atoms with Crippen LogP contribution < -0.4 is 15.2 Å². The number of ether oxygens (including phenoxy) is 2. The second-order valence-electron chi connectivity index (χ2n) is 5.52. The predicted octanol–water partition coefficient (Wildman–Crippen LogP) is 2.44. The van der Waals surface area contributed by atoms with Crippen LogP contribution in [0.25, 0.3) is 0 Å². The van der Waals surface area contributed by atoms with Crippen molar-refractivity contribution < 1.29 is 9.47 Å². The molecule has 0 spiro atoms. The van der Waals surface area contributed by atoms with Crippen LogP contribution in [0.3, 0.4) is 0 Å². The summed E-state index contributed by atoms with van der Waals surface area (Å²) < 4.78 is 10.9. The summed E-state index contributed by atoms with van der Waals surface area (Å²) in [5, 5.41) is 0. The van der Waals surface area contributed by atoms with Crippen molar-refractivity contribution in [1.29, 1.82) is 0 Å². The van der Waals surface area contributed by atoms with E-state index in [-0.39, 0.29) is 0 Å². The van der Waals surface area contributed by atoms with Gasteiger partial charge in [-0.1, -0.05) is 12.5 Å². The van der Waals surface area contributed by atoms with Gasteiger partial charge in [-0.25, -0.2) is 0 Å². The van der Waals surface area contributed by atoms with Gasteiger partial charge in [-0.2, -0.15) is 0 Å². The highest BCUT2D eigenvalue weighted by atomic mass is 16.5. The normalized spacial score (nSPS) is 24.2. The van der Waals surface area contributed by atoms with Crippen LogP contribution in [-0.2, 0) is 0 Å². The zero-order valence-corrected chi connectivity index (χ0v) is 12.8. The lowest BCUT2D eigenvalue weighted by Crippen LogP contribution is -2.33. The summed E-state index contributed by atoms with van der Waals surface area (Å²) in [6.07, 6.45) is 3.67. The summed E-state index contributed by atoms with van der Waals surface area (Å²) in [5.74, 6) is 2.19. The molecule has 0 radical (unpaired) electrons. The molecule has 112 valence electrons. The van der Waals surface area contributed by atoms with Crippen molar-refractivity contribution in [2.45, 2.75) is 25.3 Å². The summed E-state index contributed by atoms with van der Waals surface area (Å²) in [4.78, 5) is 2.41. The molecule has 2 N–H and O–H groups in total. The van der Waals surface area contributed by atoms with Crippen LogP contribution in [0.15, 0.2) is 18.2 Å². The number of benzene rings is 1. The van der Waals surface area contributed by atoms with E-state index < -0.39 is 0 Å². The fourth-order valence-corrected chi connectivity index (χ4v) is 3.23. The first-order valence-electron chi connectivity index (χ1n) is 7.33. The molecule has 4 heteroatoms. The Balaban J connectivity index is 2.39. The van der Waals surface area contributed by atoms with E-state index in [9.17, 15) is 0 Å². The molecule has 1 heterocycles. The van der Waals surface area contributed by atoms with E-state index in [2.05, 4.69) is 18.0 Å². The van der Waals surface area contributed by atoms with E-state index in [0.29, 0.717) is 18.5 Å². The van der Waals surface area contributed by atoms with Gasteiger partial charge in [0, 0.05) is 17.7 Å². The molecule has 0 saturated carbocycles. The summed E-state index contributed by atoms with van der Waals surface area (Å²) in [7, 11) is 5.57. The van der Waals surface area contributed by atoms with Crippen molar-refractivity contribution in [2.24, 2.45) is 11.7 Å². The monoisotopic (exact) mass is 278 g/mol. The Morgan fingerprint density at radius 2 is 2.05 bits per heavy atom. The number of rotatable bonds is 4. The van der Waals surface area contributed by atoms with Crippen molar-refractivity contribution in [3.05, 3.63) is 23.8 Å². The second-order valence-corrected chi connectivity index (χ2v) is 5.52. The van der Waals surface area contributed by atoms with Crippen molar-refractivity contribution in [1.82, 2.24) is 4.90 Å². The van der Waals surface area contributed by atoms with Gasteiger partial charge in [0.15, 0.2) is 0 Å². The standard InChI is InChI=1S/C16H26N2O2/c1-18-9-5-4-6-12(11-17)16(18)14-8-7-13(19-2)10-15(14)20-3/h7-8,10,12,16H,4-6,9,11,17H2,1-3H3. The fraction of sp³-hybridized carbons (Fsp3) is 0.625. The molecule has 20 heavy (non-hydrogen) atoms. The lowest BCUT2D eigenvalue weighted by atomic mass is 9.89. The second kappa shape index (κ2) is 6.95. The van der Waals surface area contributed by atoms with E-state index in [4.69, 9.17) is 15.2 Å². The quantitative estimate of drug-likeness (QED) is 0.919. The van der Waals surface area contributed by atoms with Crippen LogP contribution in [0.4, 0.5) is 0 Å². The molecule has 1 aliphatic heterocycles. The van der Waals surface area contributed by atoms with Crippen LogP contribution in [0.1, 0.15) is 30.9 Å². The van der Waals surface area contributed by atoms with E-state index >= 15 is 0 Å². The maximum absolute atomic E-state index is 6.02. The average Bonchev–Trinajstić information content (AvgIpc) is 2.67. The summed E-state index contributed by atoms with van der Waals surface area (Å²) in [6.45, 7) is 1.82. The molecule has 2 rings (SSSR count). The van der Waals surface area contributed by atoms with Crippen LogP contribution in [0.5, 0.6) is 11.5 Å². The third kappa shape index (κ3) is 3.07. The third-order valence-corrected chi connectivity index (χ3v) is 4.32. The highest BCUT2D eigenvalue weighted by Gasteiger charge is 2.30. The SMILES string of the molecule is COc1ccc(C2C(CN)CCCCN2C)c(OC)c1. The Hall–Kier alpha value is -1.26. The fourth-order valence-electron chi connectivity index (χ4n) is 3.23. The number of likely N-dealkylation sites (tertiary alicyclic amines) is 1. The van der Waals surface area contributed by atoms with Crippen LogP contribution in [0.2, 0.25) is 0 Å². The van der Waals surface area contributed by atoms with Gasteiger partial charge in [0.2, 0.25) is 0 Å². The van der Waals surface area contributed by atoms with Crippen molar-refractivity contribution in [3.8, 4) is 11.5 Å². The molecule has 0 amide bonds. The number of nitrogens with two attached hydrogens (primary N) is 1. The van der Waals surface area contributed by atoms with Gasteiger partial charge in [-0.05, 0) is 45.0 Å². The van der Waals surface area contributed by atoms with Crippen molar-refractivity contribution >= 4 is 0 Å². The maximum Gasteiger partial charge on any atom is 0.127 e. The molecule has 0 aliphatic carbocycles. The Morgan fingerprint density at radius 1 is 1.25 bits per heavy atom. The molecule has 1 aromatic carbocycles. The number of hydrogen-bond donors (Lipinski definition) is 1. The summed E-state index contributed by atoms with van der Waals surface area (Å²) >= 11 is 0. The zero-order chi connectivity index (χ0) is 14.5. The lowest BCUT2D eigenvalue weighted by molar-refractivity contribution is 0.191. The smallest absolute Gasteiger partial charge is 0.127 e. The highest BCUT2D eigenvalue weighted by molar-refractivity contribution is 5.43. The molecule has 1 saturated heterocycles. The highest BCUT2D eigenvalue weighted by Crippen LogP contribution is 2.39. The first-order chi connectivity index (χ1) is 9.71. The van der Waals surface area contributed by atoms with Gasteiger partial charge in [0.05, 0.1) is 14.2 Å². The summed E-state index contributed by atoms with van der Waals surface area (Å²) in [6, 6.07) is 6.40. The molecule has 2 atom stereocenters. The number of hydrogen-bond acceptors (Lipinski definition) is 4. The average molecular weight is 278 g/mol. The van der Waals surface area contributed by atoms with Gasteiger partial charge in [0.25, 0.3) is 0 Å². The topological polar surface area (TPSA) is 47.7 Å². The van der Waals surface area contributed by atoms with Gasteiger partial charge < -0.3 is 15.2 Å². The number of methoxy groups -OCH3 is 2. The van der Waals surface area contributed by atoms with E-state index in [1.54, 1.807) is 14.2 Å². The van der Waals surface area contributed by atoms with E-state index in [1.165, 1.54) is 24.8 Å². The first kappa shape index (κ1) is 15.1. The summed E-state index contributed by atoms with van der Waals surface area (Å²) in [5.41, 5.74) is 7.23. The molecule has 0 bridgehead atoms. The Kier molecular flexibility index (Phi) is 5.26. The molecule has 4 nitrogen and oxygen atoms in total. The Labute approximate surface area is 121 Å². The minimum Gasteiger partial charge on any atom is -0.497 e. The molecule has 1 aliphatic rings. The van der Waals surface area contributed by atoms with Gasteiger partial charge in [-0.15, -0.1) is 0 Å². The lowest BCUT2D eigenvalue weighted by Gasteiger charge is -2.33. The first-order valence-corrected chi connectivity index (χ1v) is 7.33. The Bertz CT molecular complexity index is 436. The minimum absolute atomic E-state index is 0.323. The van der Waals surface area contributed by atoms with Crippen LogP contribution in [-0.4, -0.2) is 39.3 Å².